The van der Waals surface area contributed by atoms with E-state index in [1.165, 1.54) is 0 Å². The maximum Gasteiger partial charge on any atom is 0.144 e. The number of nitrogen functional groups attached to an aromatic ring is 1. The van der Waals surface area contributed by atoms with Gasteiger partial charge >= 0.3 is 0 Å². The Morgan fingerprint density at radius 1 is 1.24 bits per heavy atom. The van der Waals surface area contributed by atoms with Crippen LogP contribution in [-0.4, -0.2) is 20.7 Å². The average molecular weight is 236 g/mol. The number of hydrogen-bond donors (Lipinski definition) is 1. The Kier molecular flexibility index (Phi) is 5.13. The van der Waals surface area contributed by atoms with Crippen molar-refractivity contribution in [3.8, 4) is 5.75 Å². The Bertz CT molecular complexity index is 346. The van der Waals surface area contributed by atoms with Crippen molar-refractivity contribution in [3.63, 3.8) is 0 Å². The summed E-state index contributed by atoms with van der Waals surface area (Å²) in [5.74, 6) is 1.40. The summed E-state index contributed by atoms with van der Waals surface area (Å²) in [4.78, 5) is 2.05. The van der Waals surface area contributed by atoms with E-state index in [0.717, 1.165) is 30.9 Å². The van der Waals surface area contributed by atoms with Gasteiger partial charge in [0, 0.05) is 25.8 Å². The summed E-state index contributed by atoms with van der Waals surface area (Å²) in [5, 5.41) is 0. The highest BCUT2D eigenvalue weighted by molar-refractivity contribution is 5.61. The van der Waals surface area contributed by atoms with Gasteiger partial charge < -0.3 is 15.4 Å². The van der Waals surface area contributed by atoms with Gasteiger partial charge in [-0.15, -0.1) is 0 Å². The normalized spacial score (nSPS) is 10.6. The molecule has 1 rings (SSSR count). The van der Waals surface area contributed by atoms with E-state index in [-0.39, 0.29) is 0 Å². The van der Waals surface area contributed by atoms with Crippen LogP contribution in [0.4, 0.5) is 11.4 Å². The van der Waals surface area contributed by atoms with Gasteiger partial charge in [-0.1, -0.05) is 26.7 Å². The first-order chi connectivity index (χ1) is 8.08. The second-order valence-corrected chi connectivity index (χ2v) is 4.61. The molecule has 0 bridgehead atoms. The van der Waals surface area contributed by atoms with E-state index in [4.69, 9.17) is 10.5 Å². The van der Waals surface area contributed by atoms with Gasteiger partial charge in [-0.25, -0.2) is 0 Å². The number of anilines is 2. The van der Waals surface area contributed by atoms with E-state index in [9.17, 15) is 0 Å². The molecule has 0 aliphatic heterocycles. The van der Waals surface area contributed by atoms with E-state index >= 15 is 0 Å². The van der Waals surface area contributed by atoms with Crippen LogP contribution < -0.4 is 15.4 Å². The van der Waals surface area contributed by atoms with Gasteiger partial charge in [0.15, 0.2) is 0 Å². The molecule has 0 fully saturated rings. The van der Waals surface area contributed by atoms with Crippen LogP contribution in [0.3, 0.4) is 0 Å². The second-order valence-electron chi connectivity index (χ2n) is 4.61. The highest BCUT2D eigenvalue weighted by Gasteiger charge is 2.08. The second kappa shape index (κ2) is 6.38. The molecule has 0 aromatic heterocycles. The maximum atomic E-state index is 5.92. The smallest absolute Gasteiger partial charge is 0.144 e. The first-order valence-corrected chi connectivity index (χ1v) is 6.28. The van der Waals surface area contributed by atoms with E-state index in [2.05, 4.69) is 13.8 Å². The third kappa shape index (κ3) is 3.84. The Morgan fingerprint density at radius 3 is 2.41 bits per heavy atom. The van der Waals surface area contributed by atoms with Crippen molar-refractivity contribution in [1.29, 1.82) is 0 Å². The Morgan fingerprint density at radius 2 is 1.88 bits per heavy atom. The summed E-state index contributed by atoms with van der Waals surface area (Å²) < 4.78 is 5.82. The molecule has 3 nitrogen and oxygen atoms in total. The molecule has 0 heterocycles. The molecule has 0 saturated heterocycles. The minimum absolute atomic E-state index is 0.609. The van der Waals surface area contributed by atoms with Crippen molar-refractivity contribution in [1.82, 2.24) is 0 Å². The molecule has 17 heavy (non-hydrogen) atoms. The van der Waals surface area contributed by atoms with Crippen LogP contribution in [0.25, 0.3) is 0 Å². The van der Waals surface area contributed by atoms with Crippen LogP contribution in [0.1, 0.15) is 26.7 Å². The van der Waals surface area contributed by atoms with E-state index in [0.29, 0.717) is 11.6 Å². The fourth-order valence-electron chi connectivity index (χ4n) is 1.66. The van der Waals surface area contributed by atoms with Crippen LogP contribution in [0.15, 0.2) is 18.2 Å². The predicted octanol–water partition coefficient (Wildman–Crippen LogP) is 3.15. The SMILES string of the molecule is CCC(CC)COc1cc(N(C)C)ccc1N. The van der Waals surface area contributed by atoms with Crippen LogP contribution in [0, 0.1) is 5.92 Å². The summed E-state index contributed by atoms with van der Waals surface area (Å²) in [7, 11) is 4.02. The molecule has 0 radical (unpaired) electrons. The molecule has 1 aromatic rings. The lowest BCUT2D eigenvalue weighted by Gasteiger charge is -2.18. The molecule has 2 N–H and O–H groups in total. The van der Waals surface area contributed by atoms with Crippen LogP contribution in [0.5, 0.6) is 5.75 Å². The standard InChI is InChI=1S/C14H24N2O/c1-5-11(6-2)10-17-14-9-12(16(3)4)7-8-13(14)15/h7-9,11H,5-6,10,15H2,1-4H3. The van der Waals surface area contributed by atoms with Crippen molar-refractivity contribution in [2.24, 2.45) is 5.92 Å². The molecule has 3 heteroatoms. The van der Waals surface area contributed by atoms with Gasteiger partial charge in [0.1, 0.15) is 5.75 Å². The van der Waals surface area contributed by atoms with E-state index in [1.54, 1.807) is 0 Å². The molecule has 0 amide bonds. The molecular formula is C14H24N2O. The first-order valence-electron chi connectivity index (χ1n) is 6.28. The topological polar surface area (TPSA) is 38.5 Å². The molecule has 0 spiro atoms. The summed E-state index contributed by atoms with van der Waals surface area (Å²) in [6.45, 7) is 5.13. The minimum Gasteiger partial charge on any atom is -0.491 e. The Labute approximate surface area is 105 Å². The first kappa shape index (κ1) is 13.7. The highest BCUT2D eigenvalue weighted by atomic mass is 16.5. The van der Waals surface area contributed by atoms with E-state index in [1.807, 2.05) is 37.2 Å². The molecule has 0 aliphatic carbocycles. The van der Waals surface area contributed by atoms with Gasteiger partial charge in [0.25, 0.3) is 0 Å². The van der Waals surface area contributed by atoms with Crippen molar-refractivity contribution < 1.29 is 4.74 Å². The van der Waals surface area contributed by atoms with Gasteiger partial charge in [-0.05, 0) is 18.1 Å². The number of nitrogens with two attached hydrogens (primary N) is 1. The average Bonchev–Trinajstić information content (AvgIpc) is 2.32. The number of ether oxygens (including phenoxy) is 1. The van der Waals surface area contributed by atoms with Crippen LogP contribution >= 0.6 is 0 Å². The molecule has 96 valence electrons. The zero-order valence-electron chi connectivity index (χ0n) is 11.4. The molecule has 0 unspecified atom stereocenters. The maximum absolute atomic E-state index is 5.92. The van der Waals surface area contributed by atoms with Crippen molar-refractivity contribution in [2.75, 3.05) is 31.3 Å². The fourth-order valence-corrected chi connectivity index (χ4v) is 1.66. The largest absolute Gasteiger partial charge is 0.491 e. The highest BCUT2D eigenvalue weighted by Crippen LogP contribution is 2.27. The summed E-state index contributed by atoms with van der Waals surface area (Å²) in [6.07, 6.45) is 2.29. The zero-order chi connectivity index (χ0) is 12.8. The third-order valence-electron chi connectivity index (χ3n) is 3.14. The van der Waals surface area contributed by atoms with Gasteiger partial charge in [0.05, 0.1) is 12.3 Å². The molecule has 1 aromatic carbocycles. The lowest BCUT2D eigenvalue weighted by atomic mass is 10.1. The summed E-state index contributed by atoms with van der Waals surface area (Å²) in [6, 6.07) is 5.90. The van der Waals surface area contributed by atoms with Crippen molar-refractivity contribution >= 4 is 11.4 Å². The van der Waals surface area contributed by atoms with Crippen molar-refractivity contribution in [3.05, 3.63) is 18.2 Å². The molecular weight excluding hydrogens is 212 g/mol. The number of rotatable bonds is 6. The fraction of sp³-hybridized carbons (Fsp3) is 0.571. The van der Waals surface area contributed by atoms with Gasteiger partial charge in [0.2, 0.25) is 0 Å². The predicted molar refractivity (Wildman–Crippen MR) is 74.7 cm³/mol. The number of hydrogen-bond acceptors (Lipinski definition) is 3. The monoisotopic (exact) mass is 236 g/mol. The number of nitrogens with zero attached hydrogens (tertiary/aromatic N) is 1. The molecule has 0 aliphatic rings. The third-order valence-corrected chi connectivity index (χ3v) is 3.14. The lowest BCUT2D eigenvalue weighted by molar-refractivity contribution is 0.242. The number of benzene rings is 1. The van der Waals surface area contributed by atoms with Gasteiger partial charge in [-0.3, -0.25) is 0 Å². The van der Waals surface area contributed by atoms with Crippen molar-refractivity contribution in [2.45, 2.75) is 26.7 Å². The minimum atomic E-state index is 0.609. The van der Waals surface area contributed by atoms with E-state index < -0.39 is 0 Å². The quantitative estimate of drug-likeness (QED) is 0.771. The Balaban J connectivity index is 2.72. The summed E-state index contributed by atoms with van der Waals surface area (Å²) in [5.41, 5.74) is 7.73. The van der Waals surface area contributed by atoms with Crippen LogP contribution in [-0.2, 0) is 0 Å². The van der Waals surface area contributed by atoms with Crippen LogP contribution in [0.2, 0.25) is 0 Å². The molecule has 0 saturated carbocycles. The zero-order valence-corrected chi connectivity index (χ0v) is 11.4. The summed E-state index contributed by atoms with van der Waals surface area (Å²) >= 11 is 0. The van der Waals surface area contributed by atoms with Gasteiger partial charge in [-0.2, -0.15) is 0 Å². The Hall–Kier alpha value is -1.38. The lowest BCUT2D eigenvalue weighted by Crippen LogP contribution is -2.12. The molecule has 0 atom stereocenters.